The summed E-state index contributed by atoms with van der Waals surface area (Å²) < 4.78 is 27.0. The lowest BCUT2D eigenvalue weighted by atomic mass is 10.2. The first-order chi connectivity index (χ1) is 9.49. The average molecular weight is 317 g/mol. The van der Waals surface area contributed by atoms with E-state index in [-0.39, 0.29) is 17.5 Å². The van der Waals surface area contributed by atoms with Gasteiger partial charge in [-0.25, -0.2) is 13.1 Å². The summed E-state index contributed by atoms with van der Waals surface area (Å²) in [6, 6.07) is 6.57. The van der Waals surface area contributed by atoms with Crippen LogP contribution in [0, 0.1) is 0 Å². The predicted molar refractivity (Wildman–Crippen MR) is 84.6 cm³/mol. The molecule has 114 valence electrons. The fourth-order valence-electron chi connectivity index (χ4n) is 1.76. The Labute approximate surface area is 126 Å². The van der Waals surface area contributed by atoms with Gasteiger partial charge in [0.2, 0.25) is 10.0 Å². The molecule has 6 heteroatoms. The van der Waals surface area contributed by atoms with Crippen LogP contribution in [0.1, 0.15) is 25.8 Å². The lowest BCUT2D eigenvalue weighted by Gasteiger charge is -2.14. The van der Waals surface area contributed by atoms with Crippen LogP contribution in [0.2, 0.25) is 0 Å². The van der Waals surface area contributed by atoms with Gasteiger partial charge in [-0.05, 0) is 49.0 Å². The summed E-state index contributed by atoms with van der Waals surface area (Å²) in [5, 5.41) is 8.84. The van der Waals surface area contributed by atoms with E-state index in [4.69, 9.17) is 5.11 Å². The molecule has 2 N–H and O–H groups in total. The second-order valence-corrected chi connectivity index (χ2v) is 7.73. The van der Waals surface area contributed by atoms with E-state index in [0.29, 0.717) is 6.42 Å². The van der Waals surface area contributed by atoms with Gasteiger partial charge < -0.3 is 5.11 Å². The van der Waals surface area contributed by atoms with Crippen molar-refractivity contribution in [2.45, 2.75) is 37.6 Å². The number of rotatable bonds is 9. The van der Waals surface area contributed by atoms with Crippen molar-refractivity contribution < 1.29 is 13.5 Å². The minimum absolute atomic E-state index is 0.0659. The first kappa shape index (κ1) is 17.5. The fraction of sp³-hybridized carbons (Fsp3) is 0.571. The van der Waals surface area contributed by atoms with E-state index in [1.807, 2.05) is 18.7 Å². The monoisotopic (exact) mass is 317 g/mol. The summed E-state index contributed by atoms with van der Waals surface area (Å²) in [4.78, 5) is 0.272. The van der Waals surface area contributed by atoms with Gasteiger partial charge in [0.15, 0.2) is 0 Å². The third kappa shape index (κ3) is 5.83. The van der Waals surface area contributed by atoms with Crippen molar-refractivity contribution in [3.8, 4) is 0 Å². The summed E-state index contributed by atoms with van der Waals surface area (Å²) in [5.74, 6) is 2.00. The molecule has 1 aromatic rings. The Balaban J connectivity index is 2.63. The van der Waals surface area contributed by atoms with Gasteiger partial charge in [0.1, 0.15) is 0 Å². The Morgan fingerprint density at radius 2 is 1.95 bits per heavy atom. The summed E-state index contributed by atoms with van der Waals surface area (Å²) >= 11 is 1.81. The van der Waals surface area contributed by atoms with Crippen molar-refractivity contribution in [1.29, 1.82) is 0 Å². The van der Waals surface area contributed by atoms with Crippen LogP contribution in [-0.2, 0) is 16.4 Å². The molecular formula is C14H23NO3S2. The number of sulfonamides is 1. The van der Waals surface area contributed by atoms with Crippen LogP contribution >= 0.6 is 11.8 Å². The van der Waals surface area contributed by atoms with Gasteiger partial charge in [0.05, 0.1) is 4.90 Å². The SMILES string of the molecule is CCSCCC(C)NS(=O)(=O)c1ccc(CCO)cc1. The first-order valence-corrected chi connectivity index (χ1v) is 9.43. The number of thioether (sulfide) groups is 1. The number of aliphatic hydroxyl groups excluding tert-OH is 1. The fourth-order valence-corrected chi connectivity index (χ4v) is 3.85. The number of benzene rings is 1. The molecule has 1 atom stereocenters. The molecular weight excluding hydrogens is 294 g/mol. The normalized spacial score (nSPS) is 13.3. The van der Waals surface area contributed by atoms with Crippen LogP contribution in [0.25, 0.3) is 0 Å². The molecule has 0 spiro atoms. The number of aliphatic hydroxyl groups is 1. The first-order valence-electron chi connectivity index (χ1n) is 6.79. The molecule has 20 heavy (non-hydrogen) atoms. The van der Waals surface area contributed by atoms with Gasteiger partial charge in [-0.3, -0.25) is 0 Å². The highest BCUT2D eigenvalue weighted by atomic mass is 32.2. The van der Waals surface area contributed by atoms with E-state index >= 15 is 0 Å². The zero-order chi connectivity index (χ0) is 15.0. The minimum atomic E-state index is -3.45. The number of hydrogen-bond acceptors (Lipinski definition) is 4. The van der Waals surface area contributed by atoms with Crippen molar-refractivity contribution in [3.63, 3.8) is 0 Å². The zero-order valence-corrected chi connectivity index (χ0v) is 13.6. The van der Waals surface area contributed by atoms with E-state index in [0.717, 1.165) is 23.5 Å². The summed E-state index contributed by atoms with van der Waals surface area (Å²) in [6.07, 6.45) is 1.36. The molecule has 0 saturated carbocycles. The van der Waals surface area contributed by atoms with Crippen LogP contribution in [-0.4, -0.2) is 37.7 Å². The van der Waals surface area contributed by atoms with Gasteiger partial charge in [0, 0.05) is 12.6 Å². The second kappa shape index (κ2) is 8.67. The largest absolute Gasteiger partial charge is 0.396 e. The Morgan fingerprint density at radius 1 is 1.30 bits per heavy atom. The average Bonchev–Trinajstić information content (AvgIpc) is 2.39. The lowest BCUT2D eigenvalue weighted by Crippen LogP contribution is -2.33. The Kier molecular flexibility index (Phi) is 7.58. The van der Waals surface area contributed by atoms with Crippen LogP contribution < -0.4 is 4.72 Å². The molecule has 0 saturated heterocycles. The Morgan fingerprint density at radius 3 is 2.50 bits per heavy atom. The summed E-state index contributed by atoms with van der Waals surface area (Å²) in [6.45, 7) is 4.04. The van der Waals surface area contributed by atoms with Crippen molar-refractivity contribution >= 4 is 21.8 Å². The molecule has 0 bridgehead atoms. The van der Waals surface area contributed by atoms with Crippen molar-refractivity contribution in [3.05, 3.63) is 29.8 Å². The third-order valence-electron chi connectivity index (χ3n) is 2.89. The van der Waals surface area contributed by atoms with E-state index < -0.39 is 10.0 Å². The third-order valence-corrected chi connectivity index (χ3v) is 5.43. The maximum atomic E-state index is 12.2. The molecule has 0 amide bonds. The maximum absolute atomic E-state index is 12.2. The van der Waals surface area contributed by atoms with Gasteiger partial charge in [-0.15, -0.1) is 0 Å². The van der Waals surface area contributed by atoms with Gasteiger partial charge in [-0.1, -0.05) is 19.1 Å². The van der Waals surface area contributed by atoms with Gasteiger partial charge >= 0.3 is 0 Å². The quantitative estimate of drug-likeness (QED) is 0.684. The molecule has 1 unspecified atom stereocenters. The van der Waals surface area contributed by atoms with E-state index in [9.17, 15) is 8.42 Å². The highest BCUT2D eigenvalue weighted by Crippen LogP contribution is 2.13. The summed E-state index contributed by atoms with van der Waals surface area (Å²) in [5.41, 5.74) is 0.929. The minimum Gasteiger partial charge on any atom is -0.396 e. The molecule has 0 radical (unpaired) electrons. The number of nitrogens with one attached hydrogen (secondary N) is 1. The molecule has 0 aliphatic rings. The van der Waals surface area contributed by atoms with Crippen LogP contribution in [0.3, 0.4) is 0 Å². The highest BCUT2D eigenvalue weighted by Gasteiger charge is 2.16. The summed E-state index contributed by atoms with van der Waals surface area (Å²) in [7, 11) is -3.45. The standard InChI is InChI=1S/C14H23NO3S2/c1-3-19-11-9-12(2)15-20(17,18)14-6-4-13(5-7-14)8-10-16/h4-7,12,15-16H,3,8-11H2,1-2H3. The van der Waals surface area contributed by atoms with Gasteiger partial charge in [-0.2, -0.15) is 11.8 Å². The molecule has 0 fully saturated rings. The molecule has 0 aliphatic heterocycles. The van der Waals surface area contributed by atoms with Crippen molar-refractivity contribution in [2.75, 3.05) is 18.1 Å². The molecule has 0 heterocycles. The van der Waals surface area contributed by atoms with Crippen molar-refractivity contribution in [1.82, 2.24) is 4.72 Å². The van der Waals surface area contributed by atoms with Crippen molar-refractivity contribution in [2.24, 2.45) is 0 Å². The van der Waals surface area contributed by atoms with E-state index in [1.54, 1.807) is 24.3 Å². The topological polar surface area (TPSA) is 66.4 Å². The molecule has 1 aromatic carbocycles. The lowest BCUT2D eigenvalue weighted by molar-refractivity contribution is 0.299. The molecule has 0 aromatic heterocycles. The maximum Gasteiger partial charge on any atom is 0.240 e. The molecule has 0 aliphatic carbocycles. The highest BCUT2D eigenvalue weighted by molar-refractivity contribution is 7.99. The molecule has 4 nitrogen and oxygen atoms in total. The van der Waals surface area contributed by atoms with E-state index in [2.05, 4.69) is 11.6 Å². The van der Waals surface area contributed by atoms with Gasteiger partial charge in [0.25, 0.3) is 0 Å². The number of hydrogen-bond donors (Lipinski definition) is 2. The smallest absolute Gasteiger partial charge is 0.240 e. The predicted octanol–water partition coefficient (Wildman–Crippen LogP) is 2.03. The van der Waals surface area contributed by atoms with Crippen LogP contribution in [0.5, 0.6) is 0 Å². The van der Waals surface area contributed by atoms with E-state index in [1.165, 1.54) is 0 Å². The van der Waals surface area contributed by atoms with Crippen LogP contribution in [0.15, 0.2) is 29.2 Å². The second-order valence-electron chi connectivity index (χ2n) is 4.63. The zero-order valence-electron chi connectivity index (χ0n) is 12.0. The Hall–Kier alpha value is -0.560. The molecule has 1 rings (SSSR count). The van der Waals surface area contributed by atoms with Crippen LogP contribution in [0.4, 0.5) is 0 Å². The Bertz CT molecular complexity index is 486.